The average Bonchev–Trinajstić information content (AvgIpc) is 3.28. The van der Waals surface area contributed by atoms with E-state index in [1.54, 1.807) is 46.2 Å². The van der Waals surface area contributed by atoms with E-state index in [1.807, 2.05) is 0 Å². The smallest absolute Gasteiger partial charge is 0.415 e. The number of rotatable bonds is 7. The molecule has 0 radical (unpaired) electrons. The van der Waals surface area contributed by atoms with Gasteiger partial charge in [-0.15, -0.1) is 0 Å². The van der Waals surface area contributed by atoms with Gasteiger partial charge in [-0.2, -0.15) is 9.61 Å². The van der Waals surface area contributed by atoms with E-state index in [-0.39, 0.29) is 71.0 Å². The summed E-state index contributed by atoms with van der Waals surface area (Å²) in [5.41, 5.74) is -0.487. The van der Waals surface area contributed by atoms with Crippen LogP contribution in [0.5, 0.6) is 0 Å². The maximum Gasteiger partial charge on any atom is 0.415 e. The van der Waals surface area contributed by atoms with Gasteiger partial charge in [0.1, 0.15) is 34.7 Å². The lowest BCUT2D eigenvalue weighted by molar-refractivity contribution is 0.00732. The van der Waals surface area contributed by atoms with Crippen molar-refractivity contribution in [3.8, 4) is 0 Å². The van der Waals surface area contributed by atoms with Gasteiger partial charge < -0.3 is 24.7 Å². The molecule has 0 bridgehead atoms. The third-order valence-electron chi connectivity index (χ3n) is 7.23. The van der Waals surface area contributed by atoms with Crippen molar-refractivity contribution in [2.24, 2.45) is 0 Å². The van der Waals surface area contributed by atoms with E-state index in [9.17, 15) is 18.8 Å². The van der Waals surface area contributed by atoms with Crippen LogP contribution in [0.4, 0.5) is 26.5 Å². The van der Waals surface area contributed by atoms with Gasteiger partial charge in [-0.1, -0.05) is 0 Å². The first kappa shape index (κ1) is 27.6. The fourth-order valence-corrected chi connectivity index (χ4v) is 4.78. The molecule has 2 atom stereocenters. The molecule has 2 saturated carbocycles. The van der Waals surface area contributed by atoms with E-state index < -0.39 is 17.9 Å². The van der Waals surface area contributed by atoms with Gasteiger partial charge in [0.15, 0.2) is 5.65 Å². The zero-order valence-electron chi connectivity index (χ0n) is 23.2. The Hall–Kier alpha value is -4.00. The van der Waals surface area contributed by atoms with Gasteiger partial charge >= 0.3 is 6.09 Å². The Balaban J connectivity index is 1.52. The number of carbonyl (C=O) groups excluding carboxylic acids is 2. The molecule has 3 aromatic rings. The summed E-state index contributed by atoms with van der Waals surface area (Å²) in [4.78, 5) is 45.2. The zero-order chi connectivity index (χ0) is 28.8. The van der Waals surface area contributed by atoms with Gasteiger partial charge in [0.2, 0.25) is 0 Å². The average molecular weight is 556 g/mol. The first-order valence-corrected chi connectivity index (χ1v) is 13.3. The van der Waals surface area contributed by atoms with Crippen LogP contribution < -0.4 is 21.1 Å². The van der Waals surface area contributed by atoms with Crippen LogP contribution in [0.1, 0.15) is 62.9 Å². The zero-order valence-corrected chi connectivity index (χ0v) is 23.2. The molecule has 2 amide bonds. The quantitative estimate of drug-likeness (QED) is 0.452. The first-order chi connectivity index (χ1) is 18.9. The molecule has 0 unspecified atom stereocenters. The van der Waals surface area contributed by atoms with Crippen molar-refractivity contribution in [2.45, 2.75) is 76.4 Å². The molecule has 2 N–H and O–H groups in total. The Morgan fingerprint density at radius 2 is 1.98 bits per heavy atom. The Morgan fingerprint density at radius 1 is 1.23 bits per heavy atom. The normalized spacial score (nSPS) is 22.2. The molecule has 3 aromatic heterocycles. The van der Waals surface area contributed by atoms with Gasteiger partial charge in [-0.3, -0.25) is 14.5 Å². The predicted molar refractivity (Wildman–Crippen MR) is 146 cm³/mol. The van der Waals surface area contributed by atoms with Crippen molar-refractivity contribution in [2.75, 3.05) is 24.4 Å². The van der Waals surface area contributed by atoms with E-state index >= 15 is 0 Å². The second-order valence-corrected chi connectivity index (χ2v) is 11.2. The number of amides is 2. The monoisotopic (exact) mass is 555 g/mol. The molecular formula is C27H34FN7O5. The summed E-state index contributed by atoms with van der Waals surface area (Å²) in [6.07, 6.45) is 3.63. The summed E-state index contributed by atoms with van der Waals surface area (Å²) in [6.45, 7) is 5.27. The number of hydrogen-bond donors (Lipinski definition) is 2. The number of nitrogens with one attached hydrogen (secondary N) is 2. The number of nitrogens with zero attached hydrogens (tertiary/aromatic N) is 5. The van der Waals surface area contributed by atoms with Crippen molar-refractivity contribution in [3.05, 3.63) is 46.5 Å². The lowest BCUT2D eigenvalue weighted by Crippen LogP contribution is -2.51. The molecule has 12 nitrogen and oxygen atoms in total. The fraction of sp³-hybridized carbons (Fsp3) is 0.519. The largest absolute Gasteiger partial charge is 0.443 e. The molecule has 214 valence electrons. The highest BCUT2D eigenvalue weighted by atomic mass is 19.1. The van der Waals surface area contributed by atoms with Crippen LogP contribution in [0.25, 0.3) is 5.65 Å². The summed E-state index contributed by atoms with van der Waals surface area (Å²) < 4.78 is 27.3. The van der Waals surface area contributed by atoms with Crippen LogP contribution in [0.15, 0.2) is 35.4 Å². The molecule has 2 aliphatic carbocycles. The van der Waals surface area contributed by atoms with Crippen LogP contribution in [-0.2, 0) is 9.47 Å². The maximum absolute atomic E-state index is 13.5. The third-order valence-corrected chi connectivity index (χ3v) is 7.23. The highest BCUT2D eigenvalue weighted by Crippen LogP contribution is 2.34. The number of ether oxygens (including phenoxy) is 2. The lowest BCUT2D eigenvalue weighted by Gasteiger charge is -2.35. The van der Waals surface area contributed by atoms with E-state index in [2.05, 4.69) is 20.7 Å². The summed E-state index contributed by atoms with van der Waals surface area (Å²) in [5, 5.41) is 10.3. The number of fused-ring (bicyclic) bond motifs is 1. The molecular weight excluding hydrogens is 521 g/mol. The van der Waals surface area contributed by atoms with Gasteiger partial charge in [0.05, 0.1) is 18.3 Å². The molecule has 0 saturated heterocycles. The molecule has 5 rings (SSSR count). The second kappa shape index (κ2) is 10.5. The predicted octanol–water partition coefficient (Wildman–Crippen LogP) is 3.59. The minimum absolute atomic E-state index is 0.0616. The number of alkyl halides is 1. The number of aromatic nitrogens is 4. The van der Waals surface area contributed by atoms with Crippen molar-refractivity contribution < 1.29 is 23.5 Å². The number of hydrogen-bond acceptors (Lipinski definition) is 8. The summed E-state index contributed by atoms with van der Waals surface area (Å²) in [6, 6.07) is 4.50. The summed E-state index contributed by atoms with van der Waals surface area (Å²) in [5.74, 6) is 0.0810. The van der Waals surface area contributed by atoms with E-state index in [4.69, 9.17) is 9.47 Å². The van der Waals surface area contributed by atoms with Gasteiger partial charge in [0.25, 0.3) is 11.5 Å². The molecule has 40 heavy (non-hydrogen) atoms. The van der Waals surface area contributed by atoms with Crippen LogP contribution >= 0.6 is 0 Å². The number of anilines is 3. The maximum atomic E-state index is 13.5. The fourth-order valence-electron chi connectivity index (χ4n) is 4.78. The molecule has 13 heteroatoms. The van der Waals surface area contributed by atoms with Crippen molar-refractivity contribution in [3.63, 3.8) is 0 Å². The minimum atomic E-state index is -0.908. The Labute approximate surface area is 230 Å². The summed E-state index contributed by atoms with van der Waals surface area (Å²) in [7, 11) is 3.13. The van der Waals surface area contributed by atoms with Crippen molar-refractivity contribution in [1.82, 2.24) is 24.5 Å². The molecule has 2 fully saturated rings. The van der Waals surface area contributed by atoms with Gasteiger partial charge in [0, 0.05) is 32.5 Å². The van der Waals surface area contributed by atoms with E-state index in [0.29, 0.717) is 0 Å². The van der Waals surface area contributed by atoms with Crippen molar-refractivity contribution in [1.29, 1.82) is 0 Å². The highest BCUT2D eigenvalue weighted by Gasteiger charge is 2.34. The molecule has 2 aliphatic rings. The van der Waals surface area contributed by atoms with Crippen LogP contribution in [-0.4, -0.2) is 69.2 Å². The minimum Gasteiger partial charge on any atom is -0.443 e. The summed E-state index contributed by atoms with van der Waals surface area (Å²) >= 11 is 0. The number of methoxy groups -OCH3 is 1. The number of halogens is 1. The standard InChI is InChI=1S/C27H34FN7O5/c1-27(2,3)40-26(38)33(4)22-13-21(30-19-7-6-10-34(25(19)37)16-11-15(28)12-16)32-23-17(14-29-35(22)23)24(36)31-18-8-9-20(18)39-5/h6-7,10,13-16,18,20H,8-9,11-12H2,1-5H3,(H,30,32)(H,31,36)/t15-,16-,18-,20-/m1/s1. The molecule has 0 aromatic carbocycles. The van der Waals surface area contributed by atoms with Gasteiger partial charge in [-0.05, 0) is 58.6 Å². The van der Waals surface area contributed by atoms with Crippen LogP contribution in [0.2, 0.25) is 0 Å². The third kappa shape index (κ3) is 5.37. The first-order valence-electron chi connectivity index (χ1n) is 13.3. The Bertz CT molecular complexity index is 1490. The lowest BCUT2D eigenvalue weighted by atomic mass is 9.89. The molecule has 0 spiro atoms. The molecule has 3 heterocycles. The Morgan fingerprint density at radius 3 is 2.60 bits per heavy atom. The Kier molecular flexibility index (Phi) is 7.25. The number of carbonyl (C=O) groups is 2. The van der Waals surface area contributed by atoms with Crippen LogP contribution in [0.3, 0.4) is 0 Å². The second-order valence-electron chi connectivity index (χ2n) is 11.2. The SMILES string of the molecule is CO[C@@H]1CC[C@H]1NC(=O)c1cnn2c(N(C)C(=O)OC(C)(C)C)cc(Nc3cccn([C@H]4C[C@H](F)C4)c3=O)nc12. The van der Waals surface area contributed by atoms with Crippen LogP contribution in [0, 0.1) is 0 Å². The molecule has 0 aliphatic heterocycles. The number of pyridine rings is 1. The van der Waals surface area contributed by atoms with Gasteiger partial charge in [-0.25, -0.2) is 14.2 Å². The van der Waals surface area contributed by atoms with E-state index in [1.165, 1.54) is 33.3 Å². The topological polar surface area (TPSA) is 132 Å². The van der Waals surface area contributed by atoms with E-state index in [0.717, 1.165) is 12.8 Å². The highest BCUT2D eigenvalue weighted by molar-refractivity contribution is 6.00. The van der Waals surface area contributed by atoms with Crippen molar-refractivity contribution >= 4 is 35.0 Å².